The van der Waals surface area contributed by atoms with E-state index in [0.29, 0.717) is 23.0 Å². The van der Waals surface area contributed by atoms with Crippen LogP contribution in [-0.2, 0) is 22.6 Å². The van der Waals surface area contributed by atoms with Gasteiger partial charge in [-0.2, -0.15) is 0 Å². The molecule has 2 amide bonds. The number of amides is 2. The number of carbonyl (C=O) groups is 2. The molecule has 1 saturated heterocycles. The molecule has 0 aliphatic carbocycles. The summed E-state index contributed by atoms with van der Waals surface area (Å²) in [6, 6.07) is 8.08. The summed E-state index contributed by atoms with van der Waals surface area (Å²) in [5, 5.41) is 16.9. The highest BCUT2D eigenvalue weighted by atomic mass is 35.5. The average Bonchev–Trinajstić information content (AvgIpc) is 3.20. The highest BCUT2D eigenvalue weighted by molar-refractivity contribution is 6.30. The summed E-state index contributed by atoms with van der Waals surface area (Å²) in [5.74, 6) is -0.368. The molecule has 0 saturated carbocycles. The number of aromatic nitrogens is 1. The zero-order valence-electron chi connectivity index (χ0n) is 14.3. The topological polar surface area (TPSA) is 95.7 Å². The molecule has 2 atom stereocenters. The molecule has 1 fully saturated rings. The van der Waals surface area contributed by atoms with Crippen molar-refractivity contribution in [2.75, 3.05) is 6.54 Å². The molecule has 2 heterocycles. The Morgan fingerprint density at radius 2 is 2.23 bits per heavy atom. The Hall–Kier alpha value is -2.22. The van der Waals surface area contributed by atoms with Crippen molar-refractivity contribution in [1.82, 2.24) is 15.4 Å². The molecule has 138 valence electrons. The molecule has 2 N–H and O–H groups in total. The van der Waals surface area contributed by atoms with E-state index < -0.39 is 18.1 Å². The minimum atomic E-state index is -0.594. The quantitative estimate of drug-likeness (QED) is 0.819. The van der Waals surface area contributed by atoms with Crippen molar-refractivity contribution in [3.63, 3.8) is 0 Å². The highest BCUT2D eigenvalue weighted by Gasteiger charge is 2.34. The van der Waals surface area contributed by atoms with Crippen molar-refractivity contribution < 1.29 is 19.2 Å². The third kappa shape index (κ3) is 4.49. The summed E-state index contributed by atoms with van der Waals surface area (Å²) in [6.07, 6.45) is -0.383. The van der Waals surface area contributed by atoms with Gasteiger partial charge in [-0.05, 0) is 31.0 Å². The van der Waals surface area contributed by atoms with Crippen LogP contribution in [0.5, 0.6) is 0 Å². The lowest BCUT2D eigenvalue weighted by atomic mass is 10.1. The number of β-amino-alcohol motifs (C(OH)–C–C–N with tert-alkyl or cyclic N) is 1. The number of benzene rings is 1. The average molecular weight is 378 g/mol. The van der Waals surface area contributed by atoms with Crippen molar-refractivity contribution in [2.45, 2.75) is 38.5 Å². The number of aliphatic hydroxyl groups excluding tert-OH is 1. The molecule has 0 bridgehead atoms. The molecular formula is C18H20ClN3O4. The van der Waals surface area contributed by atoms with Crippen LogP contribution in [0.15, 0.2) is 34.9 Å². The molecule has 0 spiro atoms. The fourth-order valence-electron chi connectivity index (χ4n) is 2.94. The molecule has 2 aromatic rings. The van der Waals surface area contributed by atoms with Gasteiger partial charge in [-0.15, -0.1) is 0 Å². The number of nitrogens with zero attached hydrogens (tertiary/aromatic N) is 2. The predicted molar refractivity (Wildman–Crippen MR) is 94.4 cm³/mol. The van der Waals surface area contributed by atoms with E-state index >= 15 is 0 Å². The Balaban J connectivity index is 1.80. The number of rotatable bonds is 5. The monoisotopic (exact) mass is 377 g/mol. The first kappa shape index (κ1) is 18.6. The summed E-state index contributed by atoms with van der Waals surface area (Å²) in [7, 11) is 0. The highest BCUT2D eigenvalue weighted by Crippen LogP contribution is 2.17. The largest absolute Gasteiger partial charge is 0.392 e. The maximum atomic E-state index is 12.9. The number of aliphatic hydroxyl groups is 1. The second-order valence-corrected chi connectivity index (χ2v) is 6.85. The van der Waals surface area contributed by atoms with E-state index in [4.69, 9.17) is 16.1 Å². The molecule has 8 heteroatoms. The summed E-state index contributed by atoms with van der Waals surface area (Å²) < 4.78 is 5.09. The minimum absolute atomic E-state index is 0.0670. The third-order valence-electron chi connectivity index (χ3n) is 4.20. The van der Waals surface area contributed by atoms with E-state index in [9.17, 15) is 14.7 Å². The number of imide groups is 1. The lowest BCUT2D eigenvalue weighted by Gasteiger charge is -2.24. The van der Waals surface area contributed by atoms with Gasteiger partial charge >= 0.3 is 0 Å². The number of nitrogens with one attached hydrogen (secondary N) is 1. The van der Waals surface area contributed by atoms with Gasteiger partial charge in [-0.1, -0.05) is 28.9 Å². The van der Waals surface area contributed by atoms with Crippen LogP contribution >= 0.6 is 11.6 Å². The summed E-state index contributed by atoms with van der Waals surface area (Å²) >= 11 is 6.01. The van der Waals surface area contributed by atoms with E-state index in [1.807, 2.05) is 0 Å². The Labute approximate surface area is 155 Å². The Kier molecular flexibility index (Phi) is 5.70. The number of aryl methyl sites for hydroxylation is 1. The van der Waals surface area contributed by atoms with Crippen LogP contribution in [0, 0.1) is 6.92 Å². The smallest absolute Gasteiger partial charge is 0.246 e. The number of carbonyl (C=O) groups excluding carboxylic acids is 2. The van der Waals surface area contributed by atoms with E-state index in [1.165, 1.54) is 4.90 Å². The zero-order chi connectivity index (χ0) is 18.7. The maximum Gasteiger partial charge on any atom is 0.246 e. The van der Waals surface area contributed by atoms with E-state index in [1.54, 1.807) is 37.3 Å². The Bertz CT molecular complexity index is 807. The molecule has 1 aliphatic heterocycles. The first-order chi connectivity index (χ1) is 12.4. The van der Waals surface area contributed by atoms with Crippen LogP contribution in [-0.4, -0.2) is 45.7 Å². The van der Waals surface area contributed by atoms with E-state index in [2.05, 4.69) is 10.5 Å². The number of hydrogen-bond acceptors (Lipinski definition) is 6. The molecule has 1 aromatic heterocycles. The fourth-order valence-corrected chi connectivity index (χ4v) is 3.16. The molecule has 7 nitrogen and oxygen atoms in total. The lowest BCUT2D eigenvalue weighted by molar-refractivity contribution is -0.146. The van der Waals surface area contributed by atoms with Crippen LogP contribution in [0.4, 0.5) is 0 Å². The lowest BCUT2D eigenvalue weighted by Crippen LogP contribution is -2.46. The standard InChI is InChI=1S/C18H20ClN3O4/c1-11-5-15(26-21-11)8-17(24)22(10-12-3-2-4-13(19)6-12)18(25)16-7-14(23)9-20-16/h2-6,14,16,20,23H,7-10H2,1H3/t14-,16+/m1/s1. The van der Waals surface area contributed by atoms with Gasteiger partial charge in [-0.3, -0.25) is 14.5 Å². The second-order valence-electron chi connectivity index (χ2n) is 6.41. The zero-order valence-corrected chi connectivity index (χ0v) is 15.1. The van der Waals surface area contributed by atoms with Gasteiger partial charge < -0.3 is 14.9 Å². The molecule has 3 rings (SSSR count). The van der Waals surface area contributed by atoms with Crippen molar-refractivity contribution in [3.8, 4) is 0 Å². The normalized spacial score (nSPS) is 19.5. The van der Waals surface area contributed by atoms with Gasteiger partial charge in [0.1, 0.15) is 5.76 Å². The van der Waals surface area contributed by atoms with Gasteiger partial charge in [0.05, 0.1) is 30.8 Å². The van der Waals surface area contributed by atoms with Gasteiger partial charge in [0.15, 0.2) is 0 Å². The van der Waals surface area contributed by atoms with Crippen LogP contribution in [0.2, 0.25) is 5.02 Å². The molecule has 26 heavy (non-hydrogen) atoms. The van der Waals surface area contributed by atoms with Crippen LogP contribution in [0.1, 0.15) is 23.4 Å². The van der Waals surface area contributed by atoms with Gasteiger partial charge in [0, 0.05) is 17.6 Å². The number of hydrogen-bond donors (Lipinski definition) is 2. The summed E-state index contributed by atoms with van der Waals surface area (Å²) in [4.78, 5) is 26.8. The Morgan fingerprint density at radius 1 is 1.42 bits per heavy atom. The van der Waals surface area contributed by atoms with Crippen LogP contribution in [0.3, 0.4) is 0 Å². The van der Waals surface area contributed by atoms with Gasteiger partial charge in [0.25, 0.3) is 0 Å². The molecular weight excluding hydrogens is 358 g/mol. The maximum absolute atomic E-state index is 12.9. The molecule has 0 unspecified atom stereocenters. The van der Waals surface area contributed by atoms with Crippen molar-refractivity contribution in [1.29, 1.82) is 0 Å². The summed E-state index contributed by atoms with van der Waals surface area (Å²) in [5.41, 5.74) is 1.41. The fraction of sp³-hybridized carbons (Fsp3) is 0.389. The van der Waals surface area contributed by atoms with Gasteiger partial charge in [-0.25, -0.2) is 0 Å². The first-order valence-corrected chi connectivity index (χ1v) is 8.72. The molecule has 1 aromatic carbocycles. The summed E-state index contributed by atoms with van der Waals surface area (Å²) in [6.45, 7) is 2.19. The van der Waals surface area contributed by atoms with Crippen LogP contribution < -0.4 is 5.32 Å². The first-order valence-electron chi connectivity index (χ1n) is 8.34. The second kappa shape index (κ2) is 7.99. The van der Waals surface area contributed by atoms with Gasteiger partial charge in [0.2, 0.25) is 11.8 Å². The number of halogens is 1. The van der Waals surface area contributed by atoms with E-state index in [0.717, 1.165) is 5.56 Å². The SMILES string of the molecule is Cc1cc(CC(=O)N(Cc2cccc(Cl)c2)C(=O)[C@@H]2C[C@@H](O)CN2)on1. The third-order valence-corrected chi connectivity index (χ3v) is 4.44. The predicted octanol–water partition coefficient (Wildman–Crippen LogP) is 1.46. The van der Waals surface area contributed by atoms with Crippen molar-refractivity contribution in [2.24, 2.45) is 0 Å². The molecule has 1 aliphatic rings. The Morgan fingerprint density at radius 3 is 2.85 bits per heavy atom. The van der Waals surface area contributed by atoms with Crippen molar-refractivity contribution >= 4 is 23.4 Å². The van der Waals surface area contributed by atoms with Crippen molar-refractivity contribution in [3.05, 3.63) is 52.4 Å². The van der Waals surface area contributed by atoms with E-state index in [-0.39, 0.29) is 25.3 Å². The van der Waals surface area contributed by atoms with Crippen LogP contribution in [0.25, 0.3) is 0 Å². The molecule has 0 radical (unpaired) electrons. The minimum Gasteiger partial charge on any atom is -0.392 e.